The summed E-state index contributed by atoms with van der Waals surface area (Å²) in [5.74, 6) is 0. The van der Waals surface area contributed by atoms with Crippen LogP contribution in [0.15, 0.2) is 30.3 Å². The van der Waals surface area contributed by atoms with Crippen LogP contribution in [0.2, 0.25) is 0 Å². The highest BCUT2D eigenvalue weighted by atomic mass is 79.9. The average Bonchev–Trinajstić information content (AvgIpc) is 2.56. The maximum atomic E-state index is 7.00. The topological polar surface area (TPSA) is 29.5 Å². The van der Waals surface area contributed by atoms with Crippen molar-refractivity contribution >= 4 is 15.9 Å². The molecule has 1 rings (SSSR count). The van der Waals surface area contributed by atoms with Crippen molar-refractivity contribution in [3.8, 4) is 0 Å². The first-order valence-corrected chi connectivity index (χ1v) is 7.89. The highest BCUT2D eigenvalue weighted by molar-refractivity contribution is 9.09. The van der Waals surface area contributed by atoms with Crippen molar-refractivity contribution in [1.82, 2.24) is 0 Å². The first-order chi connectivity index (χ1) is 9.34. The van der Waals surface area contributed by atoms with E-state index in [4.69, 9.17) is 9.84 Å². The third-order valence-electron chi connectivity index (χ3n) is 1.47. The molecule has 1 atom stereocenters. The van der Waals surface area contributed by atoms with Crippen LogP contribution >= 0.6 is 15.9 Å². The van der Waals surface area contributed by atoms with Gasteiger partial charge >= 0.3 is 0 Å². The fourth-order valence-corrected chi connectivity index (χ4v) is 1.47. The summed E-state index contributed by atoms with van der Waals surface area (Å²) in [6, 6.07) is 10.2. The lowest BCUT2D eigenvalue weighted by Crippen LogP contribution is -1.97. The Kier molecular flexibility index (Phi) is 43.5. The number of benzene rings is 1. The maximum Gasteiger partial charge on any atom is 0.0628 e. The van der Waals surface area contributed by atoms with Crippen molar-refractivity contribution in [2.45, 2.75) is 46.4 Å². The number of halogens is 1. The molecule has 0 saturated heterocycles. The number of hydrogen-bond donors (Lipinski definition) is 1. The second kappa shape index (κ2) is 30.6. The summed E-state index contributed by atoms with van der Waals surface area (Å²) in [5.41, 5.74) is 1.26. The summed E-state index contributed by atoms with van der Waals surface area (Å²) in [6.45, 7) is 12.7. The third kappa shape index (κ3) is 20.1. The monoisotopic (exact) mass is 336 g/mol. The first-order valence-electron chi connectivity index (χ1n) is 6.97. The lowest BCUT2D eigenvalue weighted by molar-refractivity contribution is 0.201. The Balaban J connectivity index is -0.000000121. The van der Waals surface area contributed by atoms with Gasteiger partial charge < -0.3 is 9.84 Å². The second-order valence-electron chi connectivity index (χ2n) is 2.33. The van der Waals surface area contributed by atoms with Gasteiger partial charge in [0.05, 0.1) is 11.4 Å². The molecule has 1 aromatic carbocycles. The van der Waals surface area contributed by atoms with Crippen molar-refractivity contribution in [3.63, 3.8) is 0 Å². The molecule has 2 nitrogen and oxygen atoms in total. The Hall–Kier alpha value is -0.380. The van der Waals surface area contributed by atoms with Gasteiger partial charge in [-0.3, -0.25) is 0 Å². The Morgan fingerprint density at radius 3 is 1.63 bits per heavy atom. The predicted octanol–water partition coefficient (Wildman–Crippen LogP) is 5.46. The largest absolute Gasteiger partial charge is 0.400 e. The molecule has 1 unspecified atom stereocenters. The molecule has 0 aliphatic rings. The normalized spacial score (nSPS) is 8.74. The molecule has 3 heteroatoms. The zero-order valence-electron chi connectivity index (χ0n) is 13.9. The van der Waals surface area contributed by atoms with Gasteiger partial charge in [0.2, 0.25) is 0 Å². The van der Waals surface area contributed by atoms with Crippen molar-refractivity contribution in [2.24, 2.45) is 0 Å². The van der Waals surface area contributed by atoms with Crippen molar-refractivity contribution < 1.29 is 9.84 Å². The van der Waals surface area contributed by atoms with Crippen LogP contribution in [-0.2, 0) is 4.74 Å². The molecule has 0 saturated carbocycles. The van der Waals surface area contributed by atoms with E-state index >= 15 is 0 Å². The molecule has 0 amide bonds. The molecular formula is C16H33BrO2. The van der Waals surface area contributed by atoms with Crippen molar-refractivity contribution in [2.75, 3.05) is 20.8 Å². The van der Waals surface area contributed by atoms with E-state index in [0.717, 1.165) is 7.11 Å². The van der Waals surface area contributed by atoms with Crippen LogP contribution < -0.4 is 0 Å². The third-order valence-corrected chi connectivity index (χ3v) is 2.27. The van der Waals surface area contributed by atoms with Crippen LogP contribution in [-0.4, -0.2) is 25.9 Å². The number of hydrogen-bond acceptors (Lipinski definition) is 2. The van der Waals surface area contributed by atoms with Gasteiger partial charge in [-0.1, -0.05) is 87.8 Å². The van der Waals surface area contributed by atoms with E-state index in [9.17, 15) is 0 Å². The van der Waals surface area contributed by atoms with Gasteiger partial charge in [0, 0.05) is 14.2 Å². The minimum atomic E-state index is 0.314. The number of alkyl halides is 1. The Morgan fingerprint density at radius 2 is 1.32 bits per heavy atom. The lowest BCUT2D eigenvalue weighted by atomic mass is 10.2. The average molecular weight is 337 g/mol. The Bertz CT molecular complexity index is 203. The van der Waals surface area contributed by atoms with E-state index in [2.05, 4.69) is 28.1 Å². The second-order valence-corrected chi connectivity index (χ2v) is 3.44. The molecule has 0 radical (unpaired) electrons. The summed E-state index contributed by atoms with van der Waals surface area (Å²) < 4.78 is 5.01. The summed E-state index contributed by atoms with van der Waals surface area (Å²) in [7, 11) is 2.71. The fraction of sp³-hybridized carbons (Fsp3) is 0.625. The summed E-state index contributed by atoms with van der Waals surface area (Å²) in [4.78, 5) is 0.314. The first kappa shape index (κ1) is 27.0. The summed E-state index contributed by atoms with van der Waals surface area (Å²) in [5, 5.41) is 7.00. The molecule has 1 aromatic rings. The van der Waals surface area contributed by atoms with Crippen LogP contribution in [0.5, 0.6) is 0 Å². The van der Waals surface area contributed by atoms with E-state index in [-0.39, 0.29) is 0 Å². The van der Waals surface area contributed by atoms with Crippen molar-refractivity contribution in [1.29, 1.82) is 0 Å². The van der Waals surface area contributed by atoms with E-state index in [1.165, 1.54) is 5.56 Å². The van der Waals surface area contributed by atoms with Crippen LogP contribution in [0.25, 0.3) is 0 Å². The molecule has 0 aliphatic heterocycles. The lowest BCUT2D eigenvalue weighted by Gasteiger charge is -2.07. The highest BCUT2D eigenvalue weighted by Gasteiger charge is 2.04. The van der Waals surface area contributed by atoms with Gasteiger partial charge in [0.15, 0.2) is 0 Å². The Labute approximate surface area is 129 Å². The highest BCUT2D eigenvalue weighted by Crippen LogP contribution is 2.21. The van der Waals surface area contributed by atoms with E-state index in [0.29, 0.717) is 11.4 Å². The van der Waals surface area contributed by atoms with Crippen molar-refractivity contribution in [3.05, 3.63) is 35.9 Å². The predicted molar refractivity (Wildman–Crippen MR) is 92.2 cm³/mol. The van der Waals surface area contributed by atoms with E-state index in [1.54, 1.807) is 7.11 Å². The smallest absolute Gasteiger partial charge is 0.0628 e. The quantitative estimate of drug-likeness (QED) is 0.743. The maximum absolute atomic E-state index is 7.00. The molecule has 1 N–H and O–H groups in total. The number of methoxy groups -OCH3 is 1. The van der Waals surface area contributed by atoms with Gasteiger partial charge in [-0.15, -0.1) is 0 Å². The SMILES string of the molecule is CC.CC.CC.CO.COCC(Br)c1ccccc1. The zero-order valence-corrected chi connectivity index (χ0v) is 15.5. The Morgan fingerprint density at radius 1 is 0.947 bits per heavy atom. The van der Waals surface area contributed by atoms with Gasteiger partial charge in [-0.05, 0) is 5.56 Å². The van der Waals surface area contributed by atoms with Gasteiger partial charge in [-0.25, -0.2) is 0 Å². The molecule has 0 bridgehead atoms. The number of aliphatic hydroxyl groups excluding tert-OH is 1. The van der Waals surface area contributed by atoms with Crippen LogP contribution in [0.4, 0.5) is 0 Å². The number of aliphatic hydroxyl groups is 1. The summed E-state index contributed by atoms with van der Waals surface area (Å²) in [6.07, 6.45) is 0. The van der Waals surface area contributed by atoms with Crippen LogP contribution in [0.1, 0.15) is 51.9 Å². The van der Waals surface area contributed by atoms with Crippen LogP contribution in [0, 0.1) is 0 Å². The molecule has 19 heavy (non-hydrogen) atoms. The fourth-order valence-electron chi connectivity index (χ4n) is 0.904. The molecule has 0 spiro atoms. The molecule has 0 fully saturated rings. The molecular weight excluding hydrogens is 304 g/mol. The summed E-state index contributed by atoms with van der Waals surface area (Å²) >= 11 is 3.52. The van der Waals surface area contributed by atoms with E-state index < -0.39 is 0 Å². The van der Waals surface area contributed by atoms with Crippen LogP contribution in [0.3, 0.4) is 0 Å². The minimum Gasteiger partial charge on any atom is -0.400 e. The standard InChI is InChI=1S/C9H11BrO.3C2H6.CH4O/c1-11-7-9(10)8-5-3-2-4-6-8;4*1-2/h2-6,9H,7H2,1H3;3*1-2H3;2H,1H3. The minimum absolute atomic E-state index is 0.314. The molecule has 0 aromatic heterocycles. The van der Waals surface area contributed by atoms with E-state index in [1.807, 2.05) is 59.7 Å². The molecule has 116 valence electrons. The molecule has 0 heterocycles. The van der Waals surface area contributed by atoms with Gasteiger partial charge in [-0.2, -0.15) is 0 Å². The zero-order chi connectivity index (χ0) is 16.1. The van der Waals surface area contributed by atoms with Gasteiger partial charge in [0.25, 0.3) is 0 Å². The molecule has 0 aliphatic carbocycles. The number of ether oxygens (including phenoxy) is 1. The number of rotatable bonds is 3. The van der Waals surface area contributed by atoms with Gasteiger partial charge in [0.1, 0.15) is 0 Å².